The standard InChI is InChI=1S/C14H14F5NO/c1-12(2)6-13(12,7-20-11(21)14(17,18)19)9-4-3-8(15)5-10(9)16/h3-5H,6-7H2,1-2H3,(H,20,21). The zero-order valence-corrected chi connectivity index (χ0v) is 11.4. The van der Waals surface area contributed by atoms with Gasteiger partial charge in [0.15, 0.2) is 0 Å². The maximum absolute atomic E-state index is 13.9. The first-order valence-corrected chi connectivity index (χ1v) is 6.30. The number of hydrogen-bond donors (Lipinski definition) is 1. The minimum Gasteiger partial charge on any atom is -0.347 e. The van der Waals surface area contributed by atoms with E-state index in [9.17, 15) is 26.7 Å². The SMILES string of the molecule is CC1(C)CC1(CNC(=O)C(F)(F)F)c1ccc(F)cc1F. The molecule has 1 aliphatic rings. The summed E-state index contributed by atoms with van der Waals surface area (Å²) in [6, 6.07) is 2.97. The highest BCUT2D eigenvalue weighted by molar-refractivity contribution is 5.81. The quantitative estimate of drug-likeness (QED) is 0.853. The number of hydrogen-bond acceptors (Lipinski definition) is 1. The number of amides is 1. The molecule has 0 spiro atoms. The van der Waals surface area contributed by atoms with Crippen LogP contribution in [0.1, 0.15) is 25.8 Å². The molecule has 0 bridgehead atoms. The van der Waals surface area contributed by atoms with Gasteiger partial charge >= 0.3 is 12.1 Å². The van der Waals surface area contributed by atoms with Gasteiger partial charge in [-0.2, -0.15) is 13.2 Å². The van der Waals surface area contributed by atoms with Gasteiger partial charge in [0, 0.05) is 18.0 Å². The maximum atomic E-state index is 13.9. The molecule has 1 aromatic rings. The molecule has 1 fully saturated rings. The molecule has 116 valence electrons. The Morgan fingerprint density at radius 2 is 1.86 bits per heavy atom. The van der Waals surface area contributed by atoms with Crippen LogP contribution in [0.3, 0.4) is 0 Å². The van der Waals surface area contributed by atoms with Gasteiger partial charge in [-0.05, 0) is 23.5 Å². The van der Waals surface area contributed by atoms with Gasteiger partial charge in [0.2, 0.25) is 0 Å². The fraction of sp³-hybridized carbons (Fsp3) is 0.500. The van der Waals surface area contributed by atoms with Crippen molar-refractivity contribution in [2.75, 3.05) is 6.54 Å². The molecule has 1 aromatic carbocycles. The van der Waals surface area contributed by atoms with Gasteiger partial charge in [-0.15, -0.1) is 0 Å². The number of nitrogens with one attached hydrogen (secondary N) is 1. The highest BCUT2D eigenvalue weighted by Crippen LogP contribution is 2.64. The molecule has 1 N–H and O–H groups in total. The zero-order chi connectivity index (χ0) is 16.1. The van der Waals surface area contributed by atoms with Crippen molar-refractivity contribution >= 4 is 5.91 Å². The van der Waals surface area contributed by atoms with Crippen LogP contribution < -0.4 is 5.32 Å². The predicted molar refractivity (Wildman–Crippen MR) is 65.5 cm³/mol. The van der Waals surface area contributed by atoms with Gasteiger partial charge in [0.1, 0.15) is 11.6 Å². The molecular weight excluding hydrogens is 293 g/mol. The van der Waals surface area contributed by atoms with Crippen LogP contribution in [-0.4, -0.2) is 18.6 Å². The first kappa shape index (κ1) is 15.7. The third-order valence-corrected chi connectivity index (χ3v) is 4.17. The van der Waals surface area contributed by atoms with E-state index in [1.54, 1.807) is 19.2 Å². The number of alkyl halides is 3. The Bertz CT molecular complexity index is 581. The zero-order valence-electron chi connectivity index (χ0n) is 11.4. The van der Waals surface area contributed by atoms with Crippen molar-refractivity contribution in [2.24, 2.45) is 5.41 Å². The first-order chi connectivity index (χ1) is 9.49. The smallest absolute Gasteiger partial charge is 0.347 e. The summed E-state index contributed by atoms with van der Waals surface area (Å²) in [7, 11) is 0. The molecule has 2 nitrogen and oxygen atoms in total. The highest BCUT2D eigenvalue weighted by Gasteiger charge is 2.63. The molecular formula is C14H14F5NO. The number of carbonyl (C=O) groups is 1. The van der Waals surface area contributed by atoms with Crippen LogP contribution >= 0.6 is 0 Å². The van der Waals surface area contributed by atoms with Crippen molar-refractivity contribution in [1.82, 2.24) is 5.32 Å². The molecule has 0 aromatic heterocycles. The van der Waals surface area contributed by atoms with Gasteiger partial charge in [0.25, 0.3) is 0 Å². The van der Waals surface area contributed by atoms with E-state index in [-0.39, 0.29) is 12.1 Å². The van der Waals surface area contributed by atoms with Crippen molar-refractivity contribution in [3.63, 3.8) is 0 Å². The lowest BCUT2D eigenvalue weighted by atomic mass is 9.87. The van der Waals surface area contributed by atoms with Crippen molar-refractivity contribution < 1.29 is 26.7 Å². The fourth-order valence-corrected chi connectivity index (χ4v) is 2.78. The Hall–Kier alpha value is -1.66. The highest BCUT2D eigenvalue weighted by atomic mass is 19.4. The van der Waals surface area contributed by atoms with Gasteiger partial charge in [0.05, 0.1) is 0 Å². The van der Waals surface area contributed by atoms with Crippen molar-refractivity contribution in [2.45, 2.75) is 31.9 Å². The van der Waals surface area contributed by atoms with Crippen LogP contribution in [0.2, 0.25) is 0 Å². The summed E-state index contributed by atoms with van der Waals surface area (Å²) in [5, 5.41) is 1.80. The van der Waals surface area contributed by atoms with Gasteiger partial charge in [-0.3, -0.25) is 4.79 Å². The predicted octanol–water partition coefficient (Wildman–Crippen LogP) is 3.31. The molecule has 21 heavy (non-hydrogen) atoms. The Balaban J connectivity index is 2.25. The van der Waals surface area contributed by atoms with Crippen LogP contribution in [-0.2, 0) is 10.2 Å². The second-order valence-corrected chi connectivity index (χ2v) is 5.95. The molecule has 1 amide bonds. The van der Waals surface area contributed by atoms with Crippen molar-refractivity contribution in [3.05, 3.63) is 35.4 Å². The normalized spacial score (nSPS) is 23.8. The number of rotatable bonds is 3. The lowest BCUT2D eigenvalue weighted by Gasteiger charge is -2.22. The summed E-state index contributed by atoms with van der Waals surface area (Å²) in [5.41, 5.74) is -1.31. The van der Waals surface area contributed by atoms with E-state index in [2.05, 4.69) is 0 Å². The van der Waals surface area contributed by atoms with E-state index in [4.69, 9.17) is 0 Å². The molecule has 0 saturated heterocycles. The molecule has 1 unspecified atom stereocenters. The molecule has 1 aliphatic carbocycles. The minimum absolute atomic E-state index is 0.122. The molecule has 1 saturated carbocycles. The minimum atomic E-state index is -4.98. The Morgan fingerprint density at radius 1 is 1.29 bits per heavy atom. The Labute approximate surface area is 118 Å². The van der Waals surface area contributed by atoms with Crippen molar-refractivity contribution in [3.8, 4) is 0 Å². The van der Waals surface area contributed by atoms with E-state index < -0.39 is 34.5 Å². The summed E-state index contributed by atoms with van der Waals surface area (Å²) in [4.78, 5) is 10.9. The summed E-state index contributed by atoms with van der Waals surface area (Å²) < 4.78 is 63.6. The topological polar surface area (TPSA) is 29.1 Å². The lowest BCUT2D eigenvalue weighted by molar-refractivity contribution is -0.173. The van der Waals surface area contributed by atoms with Crippen LogP contribution in [0.4, 0.5) is 22.0 Å². The third kappa shape index (κ3) is 2.73. The summed E-state index contributed by atoms with van der Waals surface area (Å²) in [5.74, 6) is -3.64. The average Bonchev–Trinajstić information content (AvgIpc) is 2.88. The van der Waals surface area contributed by atoms with Gasteiger partial charge in [-0.25, -0.2) is 8.78 Å². The van der Waals surface area contributed by atoms with Gasteiger partial charge in [-0.1, -0.05) is 19.9 Å². The summed E-state index contributed by atoms with van der Waals surface area (Å²) >= 11 is 0. The van der Waals surface area contributed by atoms with Crippen LogP contribution in [0, 0.1) is 17.0 Å². The molecule has 0 heterocycles. The Morgan fingerprint density at radius 3 is 2.29 bits per heavy atom. The average molecular weight is 307 g/mol. The number of carbonyl (C=O) groups excluding carboxylic acids is 1. The van der Waals surface area contributed by atoms with E-state index in [1.165, 1.54) is 6.07 Å². The molecule has 2 rings (SSSR count). The number of benzene rings is 1. The van der Waals surface area contributed by atoms with E-state index in [0.717, 1.165) is 6.07 Å². The van der Waals surface area contributed by atoms with E-state index in [0.29, 0.717) is 12.5 Å². The monoisotopic (exact) mass is 307 g/mol. The summed E-state index contributed by atoms with van der Waals surface area (Å²) in [6.45, 7) is 3.17. The lowest BCUT2D eigenvalue weighted by Crippen LogP contribution is -2.42. The summed E-state index contributed by atoms with van der Waals surface area (Å²) in [6.07, 6.45) is -4.58. The van der Waals surface area contributed by atoms with Crippen molar-refractivity contribution in [1.29, 1.82) is 0 Å². The largest absolute Gasteiger partial charge is 0.471 e. The third-order valence-electron chi connectivity index (χ3n) is 4.17. The van der Waals surface area contributed by atoms with Crippen LogP contribution in [0.5, 0.6) is 0 Å². The van der Waals surface area contributed by atoms with E-state index >= 15 is 0 Å². The first-order valence-electron chi connectivity index (χ1n) is 6.30. The maximum Gasteiger partial charge on any atom is 0.471 e. The molecule has 0 aliphatic heterocycles. The Kier molecular flexibility index (Phi) is 3.50. The molecule has 7 heteroatoms. The van der Waals surface area contributed by atoms with Gasteiger partial charge < -0.3 is 5.32 Å². The van der Waals surface area contributed by atoms with Crippen LogP contribution in [0.15, 0.2) is 18.2 Å². The van der Waals surface area contributed by atoms with Crippen LogP contribution in [0.25, 0.3) is 0 Å². The second kappa shape index (κ2) is 4.68. The fourth-order valence-electron chi connectivity index (χ4n) is 2.78. The number of halogens is 5. The molecule has 0 radical (unpaired) electrons. The van der Waals surface area contributed by atoms with E-state index in [1.807, 2.05) is 0 Å². The molecule has 1 atom stereocenters. The second-order valence-electron chi connectivity index (χ2n) is 5.95.